The van der Waals surface area contributed by atoms with E-state index < -0.39 is 29.0 Å². The van der Waals surface area contributed by atoms with Crippen LogP contribution in [0.25, 0.3) is 6.08 Å². The van der Waals surface area contributed by atoms with Crippen LogP contribution in [0.3, 0.4) is 0 Å². The summed E-state index contributed by atoms with van der Waals surface area (Å²) in [5, 5.41) is 40.1. The first kappa shape index (κ1) is 107. The van der Waals surface area contributed by atoms with E-state index in [9.17, 15) is 34.5 Å². The number of hydrogen-bond acceptors (Lipinski definition) is 19. The largest absolute Gasteiger partial charge is 0.462 e. The molecule has 0 radical (unpaired) electrons. The van der Waals surface area contributed by atoms with Crippen LogP contribution >= 0.6 is 66.1 Å². The number of esters is 1. The number of fused-ring (bicyclic) bond motifs is 1. The van der Waals surface area contributed by atoms with E-state index in [2.05, 4.69) is 193 Å². The van der Waals surface area contributed by atoms with Gasteiger partial charge in [-0.3, -0.25) is 14.4 Å². The Balaban J connectivity index is 0. The lowest BCUT2D eigenvalue weighted by Gasteiger charge is -2.41. The van der Waals surface area contributed by atoms with Crippen molar-refractivity contribution >= 4 is 95.3 Å². The molecule has 13 atom stereocenters. The predicted octanol–water partition coefficient (Wildman–Crippen LogP) is 23.6. The molecule has 5 rings (SSSR count). The second kappa shape index (κ2) is 49.9. The SMILES string of the molecule is C/C(=C\c1csc(C)n1)C1C[C@@H]2O[C@]2(C)CCC[C@H](C)[C@H](O)[C@@H](C)C(=O)C(C)(C)[C@@H](O)CC(=O)N1.CC.CC.C[C@H](C(O)[C@@H](C)C(C)(C)C)C(C)(C)C.C[C@H](C(OC(=O)CCCSSc1ccccn1)[C@@H](C)C(C)(C)C)C(C)(C)C.C[C@H](C(OC(=O)Cl)[C@@H](C)C(C)(C)C)C(C)(C)C.NCCSSc1ccccn1. The lowest BCUT2D eigenvalue weighted by Crippen LogP contribution is -2.47. The predicted molar refractivity (Wildman–Crippen MR) is 468 cm³/mol. The van der Waals surface area contributed by atoms with Crippen LogP contribution in [0.4, 0.5) is 4.79 Å². The summed E-state index contributed by atoms with van der Waals surface area (Å²) in [5.41, 5.74) is 5.75. The van der Waals surface area contributed by atoms with E-state index in [1.165, 1.54) is 0 Å². The van der Waals surface area contributed by atoms with Crippen molar-refractivity contribution in [2.45, 2.75) is 346 Å². The summed E-state index contributed by atoms with van der Waals surface area (Å²) in [5.74, 6) is 2.32. The zero-order valence-electron chi connectivity index (χ0n) is 74.0. The monoisotopic (exact) mass is 1630 g/mol. The van der Waals surface area contributed by atoms with Crippen LogP contribution in [0.15, 0.2) is 69.8 Å². The molecule has 2 saturated heterocycles. The molecule has 0 spiro atoms. The number of amides is 1. The van der Waals surface area contributed by atoms with E-state index in [4.69, 9.17) is 31.5 Å². The van der Waals surface area contributed by atoms with E-state index in [1.807, 2.05) is 96.3 Å². The van der Waals surface area contributed by atoms with Crippen molar-refractivity contribution < 1.29 is 48.7 Å². The molecule has 6 N–H and O–H groups in total. The lowest BCUT2D eigenvalue weighted by atomic mass is 9.69. The van der Waals surface area contributed by atoms with Gasteiger partial charge in [-0.05, 0) is 171 Å². The standard InChI is InChI=1S/C27H42N2O5S.C22H37NO2S2.C14H27ClO2.C13H28O.C7H10N2S2.2C2H6/c1-15-9-8-10-27(7)22(34-27)12-20(16(2)11-19-14-35-18(4)28-19)29-23(31)13-21(30)26(5,6)25(33)17(3)24(15)32;1-16(21(3,4)5)20(17(2)22(6,7)8)25-19(24)13-11-15-26-27-18-12-9-10-14-23-18;1-9(13(3,4)5)11(17-12(15)16)10(2)14(6,7)8;1-9(12(3,4)5)11(14)10(2)13(6,7)8;8-4-6-10-11-7-3-1-2-5-9-7;2*1-2/h11,14-15,17,20-22,24,30,32H,8-10,12-13H2,1-7H3,(H,29,31);9-10,12,14,16-17,20H,11,13,15H2,1-8H3;9-11H,1-8H3;9-11,14H,1-8H3;1-3,5H,4,6,8H2;2*1-2H3/b16-11+;;;;;;/t15-,17+,20?,21-,22-,24-,27+;16-,17-;2*9-,10-;;;/m0111.../s1. The molecule has 1 amide bonds. The zero-order valence-corrected chi connectivity index (χ0v) is 78.9. The molecular weight excluding hydrogens is 1470 g/mol. The molecule has 2 aliphatic rings. The van der Waals surface area contributed by atoms with Gasteiger partial charge in [0.25, 0.3) is 0 Å². The first-order chi connectivity index (χ1) is 49.4. The van der Waals surface area contributed by atoms with Crippen molar-refractivity contribution in [1.29, 1.82) is 0 Å². The highest BCUT2D eigenvalue weighted by atomic mass is 35.5. The number of epoxide rings is 1. The average Bonchev–Trinajstić information content (AvgIpc) is 1.61. The quantitative estimate of drug-likeness (QED) is 0.0232. The molecule has 3 aromatic heterocycles. The Morgan fingerprint density at radius 2 is 1.13 bits per heavy atom. The van der Waals surface area contributed by atoms with Crippen LogP contribution in [0.5, 0.6) is 0 Å². The Bertz CT molecular complexity index is 2950. The van der Waals surface area contributed by atoms with Gasteiger partial charge in [0.2, 0.25) is 5.91 Å². The Morgan fingerprint density at radius 3 is 1.51 bits per heavy atom. The van der Waals surface area contributed by atoms with Crippen LogP contribution in [0.1, 0.15) is 291 Å². The number of halogens is 1. The highest BCUT2D eigenvalue weighted by molar-refractivity contribution is 8.77. The Kier molecular flexibility index (Phi) is 49.6. The van der Waals surface area contributed by atoms with Gasteiger partial charge in [-0.25, -0.2) is 19.7 Å². The van der Waals surface area contributed by atoms with Gasteiger partial charge in [0.1, 0.15) is 28.0 Å². The molecule has 1 unspecified atom stereocenters. The minimum absolute atomic E-state index is 0.0170. The normalized spacial score (nSPS) is 22.0. The summed E-state index contributed by atoms with van der Waals surface area (Å²) < 4.78 is 17.5. The highest BCUT2D eigenvalue weighted by Crippen LogP contribution is 2.46. The molecule has 0 bridgehead atoms. The molecule has 3 aromatic rings. The van der Waals surface area contributed by atoms with E-state index in [0.29, 0.717) is 36.5 Å². The maximum absolute atomic E-state index is 13.2. The van der Waals surface area contributed by atoms with Gasteiger partial charge in [-0.15, -0.1) is 11.3 Å². The van der Waals surface area contributed by atoms with Gasteiger partial charge >= 0.3 is 11.4 Å². The third-order valence-corrected chi connectivity index (χ3v) is 27.7. The fourth-order valence-corrected chi connectivity index (χ4v) is 15.9. The molecule has 0 aromatic carbocycles. The smallest absolute Gasteiger partial charge is 0.404 e. The maximum atomic E-state index is 13.2. The molecule has 21 heteroatoms. The fourth-order valence-electron chi connectivity index (χ4n) is 11.5. The number of aryl methyl sites for hydroxylation is 1. The molecule has 108 heavy (non-hydrogen) atoms. The van der Waals surface area contributed by atoms with Gasteiger partial charge in [0.05, 0.1) is 58.6 Å². The number of pyridine rings is 2. The fraction of sp³-hybridized carbons (Fsp3) is 0.782. The number of aliphatic hydroxyl groups excluding tert-OH is 3. The molecule has 15 nitrogen and oxygen atoms in total. The zero-order chi connectivity index (χ0) is 84.5. The van der Waals surface area contributed by atoms with Crippen LogP contribution in [0.2, 0.25) is 0 Å². The van der Waals surface area contributed by atoms with Crippen molar-refractivity contribution in [1.82, 2.24) is 20.3 Å². The van der Waals surface area contributed by atoms with Gasteiger partial charge in [-0.2, -0.15) is 0 Å². The van der Waals surface area contributed by atoms with Gasteiger partial charge in [0, 0.05) is 66.2 Å². The van der Waals surface area contributed by atoms with Crippen molar-refractivity contribution in [3.05, 3.63) is 70.4 Å². The maximum Gasteiger partial charge on any atom is 0.404 e. The summed E-state index contributed by atoms with van der Waals surface area (Å²) in [7, 11) is 6.80. The summed E-state index contributed by atoms with van der Waals surface area (Å²) in [6.45, 7) is 74.1. The number of ether oxygens (including phenoxy) is 3. The molecule has 0 aliphatic carbocycles. The Morgan fingerprint density at radius 1 is 0.704 bits per heavy atom. The first-order valence-corrected chi connectivity index (χ1v) is 45.7. The van der Waals surface area contributed by atoms with Gasteiger partial charge < -0.3 is 40.6 Å². The minimum Gasteiger partial charge on any atom is -0.462 e. The number of carbonyl (C=O) groups excluding carboxylic acids is 4. The topological polar surface area (TPSA) is 237 Å². The molecule has 2 fully saturated rings. The van der Waals surface area contributed by atoms with Gasteiger partial charge in [-0.1, -0.05) is 262 Å². The number of aliphatic hydroxyl groups is 3. The molecule has 0 saturated carbocycles. The number of ketones is 1. The number of Topliss-reactive ketones (excluding diaryl/α,β-unsaturated/α-hetero) is 1. The van der Waals surface area contributed by atoms with E-state index in [-0.39, 0.29) is 110 Å². The number of nitrogens with zero attached hydrogens (tertiary/aromatic N) is 3. The molecule has 5 heterocycles. The minimum atomic E-state index is -1.17. The third-order valence-electron chi connectivity index (χ3n) is 22.1. The summed E-state index contributed by atoms with van der Waals surface area (Å²) >= 11 is 6.98. The number of nitrogens with one attached hydrogen (secondary N) is 1. The van der Waals surface area contributed by atoms with Crippen LogP contribution in [0, 0.1) is 92.2 Å². The summed E-state index contributed by atoms with van der Waals surface area (Å²) in [6, 6.07) is 11.5. The molecule has 2 aliphatic heterocycles. The second-order valence-electron chi connectivity index (χ2n) is 36.6. The van der Waals surface area contributed by atoms with Crippen LogP contribution in [-0.2, 0) is 28.6 Å². The van der Waals surface area contributed by atoms with E-state index in [0.717, 1.165) is 70.1 Å². The number of aromatic nitrogens is 3. The second-order valence-corrected chi connectivity index (χ2v) is 42.9. The lowest BCUT2D eigenvalue weighted by molar-refractivity contribution is -0.160. The molecular formula is C87H156ClN5O10S5. The molecule has 626 valence electrons. The summed E-state index contributed by atoms with van der Waals surface area (Å²) in [4.78, 5) is 62.8. The van der Waals surface area contributed by atoms with Crippen molar-refractivity contribution in [3.63, 3.8) is 0 Å². The van der Waals surface area contributed by atoms with Crippen LogP contribution < -0.4 is 11.1 Å². The van der Waals surface area contributed by atoms with Crippen molar-refractivity contribution in [2.24, 2.45) is 91.0 Å². The van der Waals surface area contributed by atoms with Crippen molar-refractivity contribution in [2.75, 3.05) is 18.1 Å². The van der Waals surface area contributed by atoms with E-state index in [1.54, 1.807) is 87.7 Å². The van der Waals surface area contributed by atoms with Crippen molar-refractivity contribution in [3.8, 4) is 0 Å². The number of hydrogen-bond donors (Lipinski definition) is 5. The van der Waals surface area contributed by atoms with Crippen LogP contribution in [-0.4, -0.2) is 120 Å². The number of carbonyl (C=O) groups is 4. The number of rotatable bonds is 20. The summed E-state index contributed by atoms with van der Waals surface area (Å²) in [6.07, 6.45) is 7.46. The average molecular weight is 1630 g/mol. The van der Waals surface area contributed by atoms with E-state index >= 15 is 0 Å². The third kappa shape index (κ3) is 40.5. The Labute approximate surface area is 684 Å². The van der Waals surface area contributed by atoms with Gasteiger partial charge in [0.15, 0.2) is 0 Å². The number of thiazole rings is 1. The Hall–Kier alpha value is -2.76. The number of nitrogens with two attached hydrogens (primary N) is 1. The highest BCUT2D eigenvalue weighted by Gasteiger charge is 2.53. The first-order valence-electron chi connectivity index (χ1n) is 39.8.